The number of halogens is 1. The van der Waals surface area contributed by atoms with Gasteiger partial charge in [0.25, 0.3) is 0 Å². The van der Waals surface area contributed by atoms with E-state index in [0.717, 1.165) is 22.3 Å². The summed E-state index contributed by atoms with van der Waals surface area (Å²) < 4.78 is 19.3. The van der Waals surface area contributed by atoms with E-state index in [4.69, 9.17) is 4.74 Å². The summed E-state index contributed by atoms with van der Waals surface area (Å²) in [7, 11) is 0. The Labute approximate surface area is 185 Å². The van der Waals surface area contributed by atoms with Gasteiger partial charge in [0.2, 0.25) is 0 Å². The maximum atomic E-state index is 13.9. The van der Waals surface area contributed by atoms with Crippen molar-refractivity contribution in [1.82, 2.24) is 5.32 Å². The Balaban J connectivity index is 1.44. The molecule has 0 spiro atoms. The molecule has 0 aromatic heterocycles. The first-order chi connectivity index (χ1) is 15.3. The lowest BCUT2D eigenvalue weighted by Gasteiger charge is -2.18. The third-order valence-electron chi connectivity index (χ3n) is 5.87. The smallest absolute Gasteiger partial charge is 0.407 e. The molecule has 32 heavy (non-hydrogen) atoms. The molecule has 0 fully saturated rings. The van der Waals surface area contributed by atoms with Crippen molar-refractivity contribution in [2.75, 3.05) is 6.61 Å². The van der Waals surface area contributed by atoms with Crippen LogP contribution in [0.1, 0.15) is 33.7 Å². The average molecular weight is 433 g/mol. The first kappa shape index (κ1) is 21.6. The van der Waals surface area contributed by atoms with E-state index in [2.05, 4.69) is 5.32 Å². The highest BCUT2D eigenvalue weighted by Crippen LogP contribution is 2.44. The molecule has 3 aromatic carbocycles. The van der Waals surface area contributed by atoms with Crippen LogP contribution in [-0.4, -0.2) is 29.8 Å². The van der Waals surface area contributed by atoms with Crippen LogP contribution in [0.2, 0.25) is 0 Å². The number of alkyl carbamates (subject to hydrolysis) is 1. The number of rotatable bonds is 6. The summed E-state index contributed by atoms with van der Waals surface area (Å²) in [6.45, 7) is 3.35. The molecule has 1 aliphatic rings. The van der Waals surface area contributed by atoms with Crippen molar-refractivity contribution in [3.63, 3.8) is 0 Å². The largest absolute Gasteiger partial charge is 0.480 e. The number of aliphatic carboxylic acids is 1. The standard InChI is InChI=1S/C26H24FNO4/c1-15-11-17(12-16(2)24(15)27)13-23(25(29)30)28-26(31)32-14-22-20-9-5-3-7-18(20)19-8-4-6-10-21(19)22/h3-12,22-23H,13-14H2,1-2H3,(H,28,31)(H,29,30). The third kappa shape index (κ3) is 4.21. The molecule has 1 atom stereocenters. The average Bonchev–Trinajstić information content (AvgIpc) is 3.09. The number of fused-ring (bicyclic) bond motifs is 3. The molecule has 0 aliphatic heterocycles. The third-order valence-corrected chi connectivity index (χ3v) is 5.87. The van der Waals surface area contributed by atoms with Gasteiger partial charge >= 0.3 is 12.1 Å². The van der Waals surface area contributed by atoms with Gasteiger partial charge in [0.1, 0.15) is 18.5 Å². The molecule has 2 N–H and O–H groups in total. The minimum absolute atomic E-state index is 0.0293. The normalized spacial score (nSPS) is 13.2. The van der Waals surface area contributed by atoms with Crippen LogP contribution in [0.25, 0.3) is 11.1 Å². The van der Waals surface area contributed by atoms with Crippen LogP contribution in [0.15, 0.2) is 60.7 Å². The van der Waals surface area contributed by atoms with E-state index in [-0.39, 0.29) is 24.8 Å². The molecule has 1 aliphatic carbocycles. The maximum absolute atomic E-state index is 13.9. The van der Waals surface area contributed by atoms with Crippen LogP contribution in [0.3, 0.4) is 0 Å². The second kappa shape index (κ2) is 8.83. The fourth-order valence-electron chi connectivity index (χ4n) is 4.37. The van der Waals surface area contributed by atoms with Gasteiger partial charge < -0.3 is 15.2 Å². The summed E-state index contributed by atoms with van der Waals surface area (Å²) >= 11 is 0. The van der Waals surface area contributed by atoms with Gasteiger partial charge in [-0.2, -0.15) is 0 Å². The molecular weight excluding hydrogens is 409 g/mol. The molecule has 0 saturated carbocycles. The van der Waals surface area contributed by atoms with Gasteiger partial charge in [-0.1, -0.05) is 60.7 Å². The van der Waals surface area contributed by atoms with Crippen molar-refractivity contribution >= 4 is 12.1 Å². The summed E-state index contributed by atoms with van der Waals surface area (Å²) in [4.78, 5) is 24.2. The number of hydrogen-bond acceptors (Lipinski definition) is 3. The molecule has 4 rings (SSSR count). The lowest BCUT2D eigenvalue weighted by atomic mass is 9.98. The number of benzene rings is 3. The quantitative estimate of drug-likeness (QED) is 0.575. The SMILES string of the molecule is Cc1cc(CC(NC(=O)OCC2c3ccccc3-c3ccccc32)C(=O)O)cc(C)c1F. The van der Waals surface area contributed by atoms with Crippen LogP contribution < -0.4 is 5.32 Å². The summed E-state index contributed by atoms with van der Waals surface area (Å²) in [6.07, 6.45) is -0.767. The van der Waals surface area contributed by atoms with E-state index >= 15 is 0 Å². The van der Waals surface area contributed by atoms with E-state index in [0.29, 0.717) is 16.7 Å². The van der Waals surface area contributed by atoms with E-state index in [1.807, 2.05) is 48.5 Å². The molecule has 0 saturated heterocycles. The minimum Gasteiger partial charge on any atom is -0.480 e. The van der Waals surface area contributed by atoms with Crippen molar-refractivity contribution in [3.8, 4) is 11.1 Å². The van der Waals surface area contributed by atoms with Gasteiger partial charge in [0.15, 0.2) is 0 Å². The molecule has 6 heteroatoms. The zero-order valence-corrected chi connectivity index (χ0v) is 17.9. The van der Waals surface area contributed by atoms with E-state index in [1.54, 1.807) is 26.0 Å². The van der Waals surface area contributed by atoms with Crippen molar-refractivity contribution in [2.24, 2.45) is 0 Å². The lowest BCUT2D eigenvalue weighted by molar-refractivity contribution is -0.139. The van der Waals surface area contributed by atoms with Gasteiger partial charge in [0, 0.05) is 12.3 Å². The zero-order valence-electron chi connectivity index (χ0n) is 17.9. The number of aryl methyl sites for hydroxylation is 2. The predicted molar refractivity (Wildman–Crippen MR) is 119 cm³/mol. The Morgan fingerprint density at radius 3 is 2.06 bits per heavy atom. The van der Waals surface area contributed by atoms with Crippen LogP contribution >= 0.6 is 0 Å². The lowest BCUT2D eigenvalue weighted by Crippen LogP contribution is -2.43. The van der Waals surface area contributed by atoms with Crippen molar-refractivity contribution in [1.29, 1.82) is 0 Å². The maximum Gasteiger partial charge on any atom is 0.407 e. The Morgan fingerprint density at radius 1 is 1.00 bits per heavy atom. The van der Waals surface area contributed by atoms with Crippen molar-refractivity contribution in [2.45, 2.75) is 32.2 Å². The second-order valence-electron chi connectivity index (χ2n) is 8.11. The summed E-state index contributed by atoms with van der Waals surface area (Å²) in [6, 6.07) is 18.0. The highest BCUT2D eigenvalue weighted by molar-refractivity contribution is 5.81. The molecular formula is C26H24FNO4. The van der Waals surface area contributed by atoms with E-state index < -0.39 is 18.1 Å². The predicted octanol–water partition coefficient (Wildman–Crippen LogP) is 4.98. The van der Waals surface area contributed by atoms with Gasteiger partial charge in [-0.25, -0.2) is 14.0 Å². The zero-order chi connectivity index (χ0) is 22.8. The van der Waals surface area contributed by atoms with Crippen LogP contribution in [-0.2, 0) is 16.0 Å². The Kier molecular flexibility index (Phi) is 5.95. The molecule has 0 bridgehead atoms. The number of carboxylic acids is 1. The van der Waals surface area contributed by atoms with Crippen molar-refractivity contribution in [3.05, 3.63) is 94.3 Å². The van der Waals surface area contributed by atoms with Crippen molar-refractivity contribution < 1.29 is 23.8 Å². The Bertz CT molecular complexity index is 1120. The second-order valence-corrected chi connectivity index (χ2v) is 8.11. The first-order valence-corrected chi connectivity index (χ1v) is 10.4. The van der Waals surface area contributed by atoms with Crippen LogP contribution in [0.4, 0.5) is 9.18 Å². The number of carboxylic acid groups (broad SMARTS) is 1. The number of hydrogen-bond donors (Lipinski definition) is 2. The number of ether oxygens (including phenoxy) is 1. The molecule has 1 amide bonds. The van der Waals surface area contributed by atoms with Crippen LogP contribution in [0.5, 0.6) is 0 Å². The topological polar surface area (TPSA) is 75.6 Å². The molecule has 3 aromatic rings. The monoisotopic (exact) mass is 433 g/mol. The number of carbonyl (C=O) groups is 2. The Hall–Kier alpha value is -3.67. The highest BCUT2D eigenvalue weighted by atomic mass is 19.1. The number of carbonyl (C=O) groups excluding carboxylic acids is 1. The summed E-state index contributed by atoms with van der Waals surface area (Å²) in [5, 5.41) is 12.0. The molecule has 0 radical (unpaired) electrons. The molecule has 1 unspecified atom stereocenters. The van der Waals surface area contributed by atoms with Gasteiger partial charge in [0.05, 0.1) is 0 Å². The summed E-state index contributed by atoms with van der Waals surface area (Å²) in [5.41, 5.74) is 5.88. The van der Waals surface area contributed by atoms with E-state index in [1.165, 1.54) is 0 Å². The van der Waals surface area contributed by atoms with Crippen LogP contribution in [0, 0.1) is 19.7 Å². The van der Waals surface area contributed by atoms with E-state index in [9.17, 15) is 19.1 Å². The molecule has 0 heterocycles. The highest BCUT2D eigenvalue weighted by Gasteiger charge is 2.29. The fourth-order valence-corrected chi connectivity index (χ4v) is 4.37. The van der Waals surface area contributed by atoms with Gasteiger partial charge in [-0.15, -0.1) is 0 Å². The first-order valence-electron chi connectivity index (χ1n) is 10.4. The number of amides is 1. The van der Waals surface area contributed by atoms with Gasteiger partial charge in [-0.05, 0) is 52.8 Å². The molecule has 5 nitrogen and oxygen atoms in total. The fraction of sp³-hybridized carbons (Fsp3) is 0.231. The minimum atomic E-state index is -1.19. The summed E-state index contributed by atoms with van der Waals surface area (Å²) in [5.74, 6) is -1.61. The van der Waals surface area contributed by atoms with Gasteiger partial charge in [-0.3, -0.25) is 0 Å². The number of nitrogens with one attached hydrogen (secondary N) is 1. The molecule has 164 valence electrons. The Morgan fingerprint density at radius 2 is 1.53 bits per heavy atom.